The molecule has 0 heterocycles. The Hall–Kier alpha value is -0.960. The lowest BCUT2D eigenvalue weighted by Crippen LogP contribution is -1.94. The molecule has 0 spiro atoms. The van der Waals surface area contributed by atoms with E-state index >= 15 is 0 Å². The van der Waals surface area contributed by atoms with Gasteiger partial charge in [-0.2, -0.15) is 0 Å². The molecule has 2 heteroatoms. The molecule has 0 fully saturated rings. The van der Waals surface area contributed by atoms with Crippen molar-refractivity contribution in [3.05, 3.63) is 0 Å². The molecular weight excluding hydrogens is 188 g/mol. The Morgan fingerprint density at radius 3 is 2.53 bits per heavy atom. The summed E-state index contributed by atoms with van der Waals surface area (Å²) < 4.78 is 5.30. The minimum atomic E-state index is -0.288. The topological polar surface area (TPSA) is 29.1 Å². The highest BCUT2D eigenvalue weighted by Gasteiger charge is 1.86. The Morgan fingerprint density at radius 1 is 1.00 bits per heavy atom. The Kier molecular flexibility index (Phi) is 12.2. The maximum atomic E-state index is 9.98. The lowest BCUT2D eigenvalue weighted by Gasteiger charge is -1.97. The van der Waals surface area contributed by atoms with Crippen molar-refractivity contribution in [2.75, 3.05) is 19.8 Å². The molecule has 0 rings (SSSR count). The summed E-state index contributed by atoms with van der Waals surface area (Å²) in [6, 6.07) is 0. The lowest BCUT2D eigenvalue weighted by molar-refractivity contribution is 0.163. The van der Waals surface area contributed by atoms with Crippen molar-refractivity contribution < 1.29 is 9.84 Å². The van der Waals surface area contributed by atoms with Gasteiger partial charge in [-0.25, -0.2) is 5.11 Å². The summed E-state index contributed by atoms with van der Waals surface area (Å²) in [7, 11) is 0. The SMILES string of the molecule is CCCC#CCOCCCCC#CC[O]. The van der Waals surface area contributed by atoms with E-state index in [4.69, 9.17) is 4.74 Å². The van der Waals surface area contributed by atoms with E-state index in [0.29, 0.717) is 6.61 Å². The van der Waals surface area contributed by atoms with Crippen LogP contribution in [-0.2, 0) is 9.84 Å². The van der Waals surface area contributed by atoms with Crippen molar-refractivity contribution in [2.45, 2.75) is 39.0 Å². The van der Waals surface area contributed by atoms with Gasteiger partial charge in [0.1, 0.15) is 13.2 Å². The van der Waals surface area contributed by atoms with E-state index in [2.05, 4.69) is 30.6 Å². The zero-order chi connectivity index (χ0) is 11.2. The van der Waals surface area contributed by atoms with Crippen LogP contribution in [0.25, 0.3) is 0 Å². The second-order valence-electron chi connectivity index (χ2n) is 3.11. The van der Waals surface area contributed by atoms with Crippen LogP contribution >= 0.6 is 0 Å². The number of unbranched alkanes of at least 4 members (excludes halogenated alkanes) is 3. The molecule has 0 aromatic rings. The summed E-state index contributed by atoms with van der Waals surface area (Å²) in [5.41, 5.74) is 0. The fraction of sp³-hybridized carbons (Fsp3) is 0.692. The minimum absolute atomic E-state index is 0.288. The largest absolute Gasteiger partial charge is 0.369 e. The average Bonchev–Trinajstić information content (AvgIpc) is 2.26. The third-order valence-corrected chi connectivity index (χ3v) is 1.71. The van der Waals surface area contributed by atoms with Gasteiger partial charge in [-0.1, -0.05) is 18.8 Å². The van der Waals surface area contributed by atoms with Crippen LogP contribution in [0.15, 0.2) is 0 Å². The first-order valence-corrected chi connectivity index (χ1v) is 5.49. The summed E-state index contributed by atoms with van der Waals surface area (Å²) in [5, 5.41) is 9.98. The second-order valence-corrected chi connectivity index (χ2v) is 3.11. The van der Waals surface area contributed by atoms with Gasteiger partial charge in [0.2, 0.25) is 0 Å². The van der Waals surface area contributed by atoms with Crippen LogP contribution in [0.3, 0.4) is 0 Å². The molecule has 0 aromatic carbocycles. The number of rotatable bonds is 6. The standard InChI is InChI=1S/C13H19O2/c1-2-3-4-9-12-15-13-10-7-5-6-8-11-14/h2-3,5,7,10-13H2,1H3. The third kappa shape index (κ3) is 13.0. The summed E-state index contributed by atoms with van der Waals surface area (Å²) >= 11 is 0. The molecular formula is C13H19O2. The number of hydrogen-bond acceptors (Lipinski definition) is 1. The maximum Gasteiger partial charge on any atom is 0.143 e. The third-order valence-electron chi connectivity index (χ3n) is 1.71. The van der Waals surface area contributed by atoms with Gasteiger partial charge in [-0.05, 0) is 19.3 Å². The zero-order valence-corrected chi connectivity index (χ0v) is 9.47. The second kappa shape index (κ2) is 13.0. The van der Waals surface area contributed by atoms with Crippen LogP contribution < -0.4 is 0 Å². The minimum Gasteiger partial charge on any atom is -0.369 e. The Labute approximate surface area is 93.0 Å². The molecule has 1 radical (unpaired) electrons. The fourth-order valence-corrected chi connectivity index (χ4v) is 0.945. The van der Waals surface area contributed by atoms with Gasteiger partial charge in [-0.3, -0.25) is 0 Å². The van der Waals surface area contributed by atoms with Gasteiger partial charge in [0.05, 0.1) is 0 Å². The first-order chi connectivity index (χ1) is 7.41. The predicted molar refractivity (Wildman–Crippen MR) is 60.7 cm³/mol. The molecule has 0 bridgehead atoms. The highest BCUT2D eigenvalue weighted by Crippen LogP contribution is 1.94. The summed E-state index contributed by atoms with van der Waals surface area (Å²) in [4.78, 5) is 0. The first-order valence-electron chi connectivity index (χ1n) is 5.49. The molecule has 0 aliphatic carbocycles. The average molecular weight is 207 g/mol. The molecule has 83 valence electrons. The van der Waals surface area contributed by atoms with E-state index in [1.165, 1.54) is 0 Å². The van der Waals surface area contributed by atoms with Crippen LogP contribution in [0.5, 0.6) is 0 Å². The first kappa shape index (κ1) is 14.0. The van der Waals surface area contributed by atoms with Crippen LogP contribution in [0, 0.1) is 23.7 Å². The summed E-state index contributed by atoms with van der Waals surface area (Å²) in [6.07, 6.45) is 4.84. The lowest BCUT2D eigenvalue weighted by atomic mass is 10.2. The Morgan fingerprint density at radius 2 is 1.80 bits per heavy atom. The van der Waals surface area contributed by atoms with Gasteiger partial charge in [-0.15, -0.1) is 11.8 Å². The Balaban J connectivity index is 3.09. The van der Waals surface area contributed by atoms with Crippen LogP contribution in [0.1, 0.15) is 39.0 Å². The van der Waals surface area contributed by atoms with Crippen molar-refractivity contribution in [1.82, 2.24) is 0 Å². The monoisotopic (exact) mass is 207 g/mol. The van der Waals surface area contributed by atoms with Crippen molar-refractivity contribution >= 4 is 0 Å². The maximum absolute atomic E-state index is 9.98. The Bertz CT molecular complexity index is 237. The quantitative estimate of drug-likeness (QED) is 0.486. The van der Waals surface area contributed by atoms with E-state index in [9.17, 15) is 5.11 Å². The van der Waals surface area contributed by atoms with Crippen LogP contribution in [0.2, 0.25) is 0 Å². The highest BCUT2D eigenvalue weighted by molar-refractivity contribution is 4.99. The molecule has 0 saturated heterocycles. The number of ether oxygens (including phenoxy) is 1. The molecule has 0 aromatic heterocycles. The van der Waals surface area contributed by atoms with Crippen LogP contribution in [-0.4, -0.2) is 19.8 Å². The molecule has 0 amide bonds. The fourth-order valence-electron chi connectivity index (χ4n) is 0.945. The molecule has 0 aliphatic rings. The molecule has 2 nitrogen and oxygen atoms in total. The molecule has 0 aliphatic heterocycles. The van der Waals surface area contributed by atoms with E-state index in [0.717, 1.165) is 38.7 Å². The van der Waals surface area contributed by atoms with Crippen molar-refractivity contribution in [3.8, 4) is 23.7 Å². The summed E-state index contributed by atoms with van der Waals surface area (Å²) in [6.45, 7) is 3.09. The summed E-state index contributed by atoms with van der Waals surface area (Å²) in [5.74, 6) is 11.3. The van der Waals surface area contributed by atoms with Gasteiger partial charge in [0.25, 0.3) is 0 Å². The van der Waals surface area contributed by atoms with Gasteiger partial charge in [0, 0.05) is 19.4 Å². The number of hydrogen-bond donors (Lipinski definition) is 0. The molecule has 15 heavy (non-hydrogen) atoms. The zero-order valence-electron chi connectivity index (χ0n) is 9.47. The van der Waals surface area contributed by atoms with E-state index in [-0.39, 0.29) is 6.61 Å². The van der Waals surface area contributed by atoms with Gasteiger partial charge < -0.3 is 4.74 Å². The van der Waals surface area contributed by atoms with E-state index in [1.54, 1.807) is 0 Å². The van der Waals surface area contributed by atoms with Gasteiger partial charge >= 0.3 is 0 Å². The van der Waals surface area contributed by atoms with E-state index < -0.39 is 0 Å². The predicted octanol–water partition coefficient (Wildman–Crippen LogP) is 2.41. The van der Waals surface area contributed by atoms with Crippen molar-refractivity contribution in [1.29, 1.82) is 0 Å². The molecule has 0 saturated carbocycles. The van der Waals surface area contributed by atoms with Crippen molar-refractivity contribution in [2.24, 2.45) is 0 Å². The normalized spacial score (nSPS) is 8.67. The van der Waals surface area contributed by atoms with Crippen molar-refractivity contribution in [3.63, 3.8) is 0 Å². The highest BCUT2D eigenvalue weighted by atomic mass is 16.5. The molecule has 0 N–H and O–H groups in total. The molecule has 0 unspecified atom stereocenters. The smallest absolute Gasteiger partial charge is 0.143 e. The molecule has 0 atom stereocenters. The van der Waals surface area contributed by atoms with E-state index in [1.807, 2.05) is 0 Å². The van der Waals surface area contributed by atoms with Gasteiger partial charge in [0.15, 0.2) is 0 Å². The van der Waals surface area contributed by atoms with Crippen LogP contribution in [0.4, 0.5) is 0 Å².